The molecule has 0 saturated heterocycles. The van der Waals surface area contributed by atoms with Gasteiger partial charge in [-0.05, 0) is 74.4 Å². The molecule has 4 nitrogen and oxygen atoms in total. The van der Waals surface area contributed by atoms with Gasteiger partial charge in [-0.1, -0.05) is 47.5 Å². The Balaban J connectivity index is 1.83. The lowest BCUT2D eigenvalue weighted by Crippen LogP contribution is -2.31. The lowest BCUT2D eigenvalue weighted by atomic mass is 9.98. The van der Waals surface area contributed by atoms with Crippen LogP contribution in [0, 0.1) is 12.7 Å². The predicted molar refractivity (Wildman–Crippen MR) is 143 cm³/mol. The number of ether oxygens (including phenoxy) is 1. The molecule has 0 saturated carbocycles. The van der Waals surface area contributed by atoms with Crippen LogP contribution in [-0.4, -0.2) is 17.6 Å². The third-order valence-electron chi connectivity index (χ3n) is 6.66. The smallest absolute Gasteiger partial charge is 0.261 e. The van der Waals surface area contributed by atoms with Crippen LogP contribution in [0.25, 0.3) is 11.3 Å². The van der Waals surface area contributed by atoms with Crippen molar-refractivity contribution in [3.05, 3.63) is 105 Å². The van der Waals surface area contributed by atoms with Gasteiger partial charge in [0, 0.05) is 16.6 Å². The molecule has 7 heteroatoms. The number of aryl methyl sites for hydroxylation is 1. The van der Waals surface area contributed by atoms with Crippen LogP contribution >= 0.6 is 23.2 Å². The maximum absolute atomic E-state index is 15.3. The van der Waals surface area contributed by atoms with E-state index in [1.807, 2.05) is 49.4 Å². The summed E-state index contributed by atoms with van der Waals surface area (Å²) < 4.78 is 23.1. The van der Waals surface area contributed by atoms with Crippen LogP contribution in [0.4, 0.5) is 10.1 Å². The Morgan fingerprint density at radius 2 is 1.72 bits per heavy atom. The number of hydrogen-bond donors (Lipinski definition) is 0. The number of methoxy groups -OCH3 is 1. The summed E-state index contributed by atoms with van der Waals surface area (Å²) in [6.07, 6.45) is 0. The highest BCUT2D eigenvalue weighted by atomic mass is 35.5. The van der Waals surface area contributed by atoms with Gasteiger partial charge in [0.15, 0.2) is 5.82 Å². The molecule has 36 heavy (non-hydrogen) atoms. The van der Waals surface area contributed by atoms with Gasteiger partial charge in [-0.15, -0.1) is 0 Å². The second kappa shape index (κ2) is 9.30. The molecule has 1 unspecified atom stereocenters. The van der Waals surface area contributed by atoms with E-state index in [9.17, 15) is 4.79 Å². The molecule has 1 aromatic heterocycles. The molecule has 0 radical (unpaired) electrons. The highest BCUT2D eigenvalue weighted by Crippen LogP contribution is 2.48. The van der Waals surface area contributed by atoms with Crippen molar-refractivity contribution in [1.29, 1.82) is 0 Å². The van der Waals surface area contributed by atoms with E-state index in [0.717, 1.165) is 28.1 Å². The van der Waals surface area contributed by atoms with Crippen molar-refractivity contribution in [2.45, 2.75) is 32.9 Å². The summed E-state index contributed by atoms with van der Waals surface area (Å²) in [6, 6.07) is 19.3. The largest absolute Gasteiger partial charge is 0.496 e. The number of rotatable bonds is 5. The highest BCUT2D eigenvalue weighted by Gasteiger charge is 2.44. The Morgan fingerprint density at radius 1 is 0.972 bits per heavy atom. The van der Waals surface area contributed by atoms with E-state index in [1.165, 1.54) is 11.0 Å². The fourth-order valence-electron chi connectivity index (χ4n) is 5.14. The fourth-order valence-corrected chi connectivity index (χ4v) is 5.53. The number of amides is 1. The Labute approximate surface area is 219 Å². The normalized spacial score (nSPS) is 15.1. The minimum Gasteiger partial charge on any atom is -0.496 e. The summed E-state index contributed by atoms with van der Waals surface area (Å²) in [5, 5.41) is 0.556. The number of anilines is 1. The number of carbonyl (C=O) groups is 1. The van der Waals surface area contributed by atoms with Gasteiger partial charge in [0.05, 0.1) is 34.8 Å². The van der Waals surface area contributed by atoms with Gasteiger partial charge in [-0.2, -0.15) is 0 Å². The van der Waals surface area contributed by atoms with Crippen molar-refractivity contribution < 1.29 is 13.9 Å². The number of aromatic nitrogens is 1. The Bertz CT molecular complexity index is 1490. The number of carbonyl (C=O) groups excluding carboxylic acids is 1. The molecule has 1 atom stereocenters. The van der Waals surface area contributed by atoms with E-state index in [-0.39, 0.29) is 22.7 Å². The Morgan fingerprint density at radius 3 is 2.42 bits per heavy atom. The first-order valence-corrected chi connectivity index (χ1v) is 12.4. The number of fused-ring (bicyclic) bond motifs is 1. The van der Waals surface area contributed by atoms with Crippen LogP contribution in [0.5, 0.6) is 5.75 Å². The van der Waals surface area contributed by atoms with E-state index >= 15 is 4.39 Å². The molecule has 0 aliphatic carbocycles. The molecule has 1 aliphatic heterocycles. The maximum Gasteiger partial charge on any atom is 0.261 e. The van der Waals surface area contributed by atoms with Crippen LogP contribution in [0.15, 0.2) is 66.7 Å². The van der Waals surface area contributed by atoms with Crippen LogP contribution in [0.3, 0.4) is 0 Å². The van der Waals surface area contributed by atoms with Crippen molar-refractivity contribution >= 4 is 34.8 Å². The van der Waals surface area contributed by atoms with Crippen molar-refractivity contribution in [2.75, 3.05) is 12.0 Å². The molecule has 1 amide bonds. The number of benzene rings is 3. The molecule has 4 aromatic rings. The van der Waals surface area contributed by atoms with E-state index in [4.69, 9.17) is 27.9 Å². The van der Waals surface area contributed by atoms with Crippen molar-refractivity contribution in [3.8, 4) is 17.0 Å². The SMILES string of the molecule is COc1ccccc1-c1cc2c(n1C(C)C)C(c1ccc(Cl)cc1C)N(c1cccc(Cl)c1F)C2=O. The average Bonchev–Trinajstić information content (AvgIpc) is 3.36. The van der Waals surface area contributed by atoms with Crippen LogP contribution in [0.2, 0.25) is 10.0 Å². The summed E-state index contributed by atoms with van der Waals surface area (Å²) in [6.45, 7) is 6.08. The highest BCUT2D eigenvalue weighted by molar-refractivity contribution is 6.31. The van der Waals surface area contributed by atoms with Gasteiger partial charge in [-0.25, -0.2) is 4.39 Å². The van der Waals surface area contributed by atoms with Crippen LogP contribution < -0.4 is 9.64 Å². The molecule has 184 valence electrons. The van der Waals surface area contributed by atoms with Gasteiger partial charge in [0.1, 0.15) is 11.8 Å². The predicted octanol–water partition coefficient (Wildman–Crippen LogP) is 8.25. The molecular formula is C29H25Cl2FN2O2. The quantitative estimate of drug-likeness (QED) is 0.264. The number of halogens is 3. The molecule has 0 bridgehead atoms. The van der Waals surface area contributed by atoms with Crippen molar-refractivity contribution in [1.82, 2.24) is 4.57 Å². The van der Waals surface area contributed by atoms with Crippen molar-refractivity contribution in [2.24, 2.45) is 0 Å². The summed E-state index contributed by atoms with van der Waals surface area (Å²) in [7, 11) is 1.63. The van der Waals surface area contributed by atoms with E-state index in [2.05, 4.69) is 18.4 Å². The number of para-hydroxylation sites is 1. The van der Waals surface area contributed by atoms with Crippen molar-refractivity contribution in [3.63, 3.8) is 0 Å². The first kappa shape index (κ1) is 24.4. The average molecular weight is 523 g/mol. The van der Waals surface area contributed by atoms with Gasteiger partial charge >= 0.3 is 0 Å². The fraction of sp³-hybridized carbons (Fsp3) is 0.207. The molecule has 0 spiro atoms. The zero-order valence-corrected chi connectivity index (χ0v) is 21.9. The van der Waals surface area contributed by atoms with Gasteiger partial charge in [0.25, 0.3) is 5.91 Å². The third-order valence-corrected chi connectivity index (χ3v) is 7.19. The second-order valence-corrected chi connectivity index (χ2v) is 9.99. The monoisotopic (exact) mass is 522 g/mol. The molecule has 3 aromatic carbocycles. The van der Waals surface area contributed by atoms with E-state index in [1.54, 1.807) is 25.3 Å². The molecule has 1 aliphatic rings. The Kier molecular flexibility index (Phi) is 6.31. The molecule has 5 rings (SSSR count). The lowest BCUT2D eigenvalue weighted by Gasteiger charge is -2.30. The van der Waals surface area contributed by atoms with E-state index in [0.29, 0.717) is 16.3 Å². The first-order valence-electron chi connectivity index (χ1n) is 11.7. The summed E-state index contributed by atoms with van der Waals surface area (Å²) in [5.74, 6) is -0.212. The minimum atomic E-state index is -0.629. The third kappa shape index (κ3) is 3.78. The Hall–Kier alpha value is -3.28. The first-order chi connectivity index (χ1) is 17.2. The molecule has 0 fully saturated rings. The zero-order chi connectivity index (χ0) is 25.7. The van der Waals surface area contributed by atoms with Crippen LogP contribution in [0.1, 0.15) is 53.1 Å². The minimum absolute atomic E-state index is 0.000673. The van der Waals surface area contributed by atoms with E-state index < -0.39 is 11.9 Å². The summed E-state index contributed by atoms with van der Waals surface area (Å²) in [4.78, 5) is 15.5. The summed E-state index contributed by atoms with van der Waals surface area (Å²) >= 11 is 12.4. The van der Waals surface area contributed by atoms with Crippen LogP contribution in [-0.2, 0) is 0 Å². The molecule has 2 heterocycles. The number of nitrogens with zero attached hydrogens (tertiary/aromatic N) is 2. The molecule has 0 N–H and O–H groups in total. The van der Waals surface area contributed by atoms with Gasteiger partial charge in [0.2, 0.25) is 0 Å². The maximum atomic E-state index is 15.3. The lowest BCUT2D eigenvalue weighted by molar-refractivity contribution is 0.0992. The molecular weight excluding hydrogens is 498 g/mol. The zero-order valence-electron chi connectivity index (χ0n) is 20.4. The van der Waals surface area contributed by atoms with Gasteiger partial charge in [-0.3, -0.25) is 9.69 Å². The standard InChI is InChI=1S/C29H25Cl2FN2O2/c1-16(2)33-24(20-8-5-6-11-25(20)36-4)15-21-28(33)27(19-13-12-18(30)14-17(19)3)34(29(21)35)23-10-7-9-22(31)26(23)32/h5-16,27H,1-4H3. The number of hydrogen-bond acceptors (Lipinski definition) is 2. The summed E-state index contributed by atoms with van der Waals surface area (Å²) in [5.41, 5.74) is 4.95. The second-order valence-electron chi connectivity index (χ2n) is 9.14. The van der Waals surface area contributed by atoms with Gasteiger partial charge < -0.3 is 9.30 Å². The topological polar surface area (TPSA) is 34.5 Å².